The molecule has 7 nitrogen and oxygen atoms in total. The van der Waals surface area contributed by atoms with Crippen molar-refractivity contribution in [3.63, 3.8) is 0 Å². The molecule has 0 saturated heterocycles. The molecule has 9 heteroatoms. The Labute approximate surface area is 146 Å². The standard InChI is InChI=1S/C15H21ClN2O5S/c1-9(13(19)18-15(2,3)4)23-14(20)11-8-10(6-7-12(11)16)24(21,22)17-5/h6-9,17H,1-5H3,(H,18,19)/t9-/m1/s1. The first kappa shape index (κ1) is 20.4. The van der Waals surface area contributed by atoms with Crippen LogP contribution in [0, 0.1) is 0 Å². The summed E-state index contributed by atoms with van der Waals surface area (Å²) in [5, 5.41) is 2.71. The van der Waals surface area contributed by atoms with Crippen LogP contribution < -0.4 is 10.0 Å². The van der Waals surface area contributed by atoms with Crippen molar-refractivity contribution in [2.24, 2.45) is 0 Å². The van der Waals surface area contributed by atoms with E-state index >= 15 is 0 Å². The van der Waals surface area contributed by atoms with Gasteiger partial charge < -0.3 is 10.1 Å². The number of carbonyl (C=O) groups is 2. The Hall–Kier alpha value is -1.64. The Morgan fingerprint density at radius 1 is 1.25 bits per heavy atom. The van der Waals surface area contributed by atoms with Gasteiger partial charge in [0.1, 0.15) is 0 Å². The van der Waals surface area contributed by atoms with Crippen molar-refractivity contribution < 1.29 is 22.7 Å². The maximum Gasteiger partial charge on any atom is 0.340 e. The normalized spacial score (nSPS) is 13.2. The van der Waals surface area contributed by atoms with E-state index in [1.165, 1.54) is 26.1 Å². The third kappa shape index (κ3) is 5.47. The molecule has 2 N–H and O–H groups in total. The number of ether oxygens (including phenoxy) is 1. The minimum atomic E-state index is -3.74. The predicted octanol–water partition coefficient (Wildman–Crippen LogP) is 1.71. The number of rotatable bonds is 5. The summed E-state index contributed by atoms with van der Waals surface area (Å²) in [6.45, 7) is 6.80. The third-order valence-corrected chi connectivity index (χ3v) is 4.63. The molecule has 0 radical (unpaired) electrons. The highest BCUT2D eigenvalue weighted by Gasteiger charge is 2.25. The van der Waals surface area contributed by atoms with Gasteiger partial charge in [-0.2, -0.15) is 0 Å². The first-order valence-corrected chi connectivity index (χ1v) is 8.99. The van der Waals surface area contributed by atoms with E-state index in [0.717, 1.165) is 6.07 Å². The van der Waals surface area contributed by atoms with Crippen LogP contribution in [0.15, 0.2) is 23.1 Å². The van der Waals surface area contributed by atoms with Crippen LogP contribution in [0.5, 0.6) is 0 Å². The van der Waals surface area contributed by atoms with Crippen molar-refractivity contribution >= 4 is 33.5 Å². The van der Waals surface area contributed by atoms with E-state index in [4.69, 9.17) is 16.3 Å². The van der Waals surface area contributed by atoms with E-state index in [9.17, 15) is 18.0 Å². The molecular weight excluding hydrogens is 356 g/mol. The Morgan fingerprint density at radius 3 is 2.33 bits per heavy atom. The first-order valence-electron chi connectivity index (χ1n) is 7.13. The Morgan fingerprint density at radius 2 is 1.83 bits per heavy atom. The number of carbonyl (C=O) groups excluding carboxylic acids is 2. The zero-order valence-electron chi connectivity index (χ0n) is 14.1. The number of esters is 1. The number of hydrogen-bond donors (Lipinski definition) is 2. The molecule has 0 unspecified atom stereocenters. The topological polar surface area (TPSA) is 102 Å². The van der Waals surface area contributed by atoms with Gasteiger partial charge in [0, 0.05) is 5.54 Å². The van der Waals surface area contributed by atoms with Crippen LogP contribution >= 0.6 is 11.6 Å². The minimum absolute atomic E-state index is 0.0264. The van der Waals surface area contributed by atoms with Crippen LogP contribution in [0.3, 0.4) is 0 Å². The second-order valence-electron chi connectivity index (χ2n) is 6.14. The Bertz CT molecular complexity index is 741. The minimum Gasteiger partial charge on any atom is -0.449 e. The fraction of sp³-hybridized carbons (Fsp3) is 0.467. The highest BCUT2D eigenvalue weighted by Crippen LogP contribution is 2.22. The van der Waals surface area contributed by atoms with Crippen LogP contribution in [-0.2, 0) is 19.6 Å². The second-order valence-corrected chi connectivity index (χ2v) is 8.43. The number of hydrogen-bond acceptors (Lipinski definition) is 5. The lowest BCUT2D eigenvalue weighted by molar-refractivity contribution is -0.130. The molecule has 0 bridgehead atoms. The molecule has 1 amide bonds. The lowest BCUT2D eigenvalue weighted by atomic mass is 10.1. The summed E-state index contributed by atoms with van der Waals surface area (Å²) in [7, 11) is -2.48. The molecule has 0 fully saturated rings. The molecule has 134 valence electrons. The van der Waals surface area contributed by atoms with E-state index in [0.29, 0.717) is 0 Å². The zero-order chi connectivity index (χ0) is 18.7. The predicted molar refractivity (Wildman–Crippen MR) is 90.5 cm³/mol. The van der Waals surface area contributed by atoms with Gasteiger partial charge in [-0.3, -0.25) is 4.79 Å². The summed E-state index contributed by atoms with van der Waals surface area (Å²) in [4.78, 5) is 24.0. The van der Waals surface area contributed by atoms with Crippen LogP contribution in [0.1, 0.15) is 38.1 Å². The third-order valence-electron chi connectivity index (χ3n) is 2.89. The summed E-state index contributed by atoms with van der Waals surface area (Å²) < 4.78 is 30.8. The van der Waals surface area contributed by atoms with E-state index < -0.39 is 33.5 Å². The summed E-state index contributed by atoms with van der Waals surface area (Å²) in [5.41, 5.74) is -0.612. The molecule has 24 heavy (non-hydrogen) atoms. The molecule has 1 atom stereocenters. The molecule has 0 aliphatic carbocycles. The fourth-order valence-electron chi connectivity index (χ4n) is 1.69. The number of benzene rings is 1. The monoisotopic (exact) mass is 376 g/mol. The summed E-state index contributed by atoms with van der Waals surface area (Å²) in [6.07, 6.45) is -1.06. The molecule has 0 aliphatic heterocycles. The number of amides is 1. The second kappa shape index (κ2) is 7.50. The number of nitrogens with one attached hydrogen (secondary N) is 2. The SMILES string of the molecule is CNS(=O)(=O)c1ccc(Cl)c(C(=O)O[C@H](C)C(=O)NC(C)(C)C)c1. The zero-order valence-corrected chi connectivity index (χ0v) is 15.7. The van der Waals surface area contributed by atoms with Crippen molar-refractivity contribution in [1.29, 1.82) is 0 Å². The van der Waals surface area contributed by atoms with Gasteiger partial charge in [-0.05, 0) is 52.9 Å². The molecule has 0 saturated carbocycles. The number of sulfonamides is 1. The number of halogens is 1. The average Bonchev–Trinajstić information content (AvgIpc) is 2.45. The van der Waals surface area contributed by atoms with Gasteiger partial charge in [0.15, 0.2) is 6.10 Å². The van der Waals surface area contributed by atoms with Gasteiger partial charge in [-0.25, -0.2) is 17.9 Å². The molecule has 1 aromatic rings. The van der Waals surface area contributed by atoms with Gasteiger partial charge >= 0.3 is 5.97 Å². The van der Waals surface area contributed by atoms with Crippen LogP contribution in [0.25, 0.3) is 0 Å². The van der Waals surface area contributed by atoms with Gasteiger partial charge in [0.05, 0.1) is 15.5 Å². The maximum absolute atomic E-state index is 12.2. The molecule has 0 aliphatic rings. The molecule has 0 heterocycles. The van der Waals surface area contributed by atoms with Crippen molar-refractivity contribution in [2.45, 2.75) is 44.2 Å². The summed E-state index contributed by atoms with van der Waals surface area (Å²) >= 11 is 5.94. The van der Waals surface area contributed by atoms with Crippen molar-refractivity contribution in [1.82, 2.24) is 10.0 Å². The smallest absolute Gasteiger partial charge is 0.340 e. The molecule has 1 rings (SSSR count). The van der Waals surface area contributed by atoms with Crippen molar-refractivity contribution in [2.75, 3.05) is 7.05 Å². The molecule has 1 aromatic carbocycles. The van der Waals surface area contributed by atoms with Gasteiger partial charge in [-0.15, -0.1) is 0 Å². The highest BCUT2D eigenvalue weighted by atomic mass is 35.5. The van der Waals surface area contributed by atoms with Crippen LogP contribution in [0.4, 0.5) is 0 Å². The van der Waals surface area contributed by atoms with Gasteiger partial charge in [-0.1, -0.05) is 11.6 Å². The van der Waals surface area contributed by atoms with E-state index in [1.807, 2.05) is 0 Å². The van der Waals surface area contributed by atoms with Crippen LogP contribution in [0.2, 0.25) is 5.02 Å². The Kier molecular flexibility index (Phi) is 6.38. The molecule has 0 aromatic heterocycles. The molecule has 0 spiro atoms. The van der Waals surface area contributed by atoms with Gasteiger partial charge in [0.2, 0.25) is 10.0 Å². The largest absolute Gasteiger partial charge is 0.449 e. The lowest BCUT2D eigenvalue weighted by Crippen LogP contribution is -2.46. The van der Waals surface area contributed by atoms with Gasteiger partial charge in [0.25, 0.3) is 5.91 Å². The van der Waals surface area contributed by atoms with Crippen molar-refractivity contribution in [3.05, 3.63) is 28.8 Å². The fourth-order valence-corrected chi connectivity index (χ4v) is 2.65. The summed E-state index contributed by atoms with van der Waals surface area (Å²) in [6, 6.07) is 3.65. The highest BCUT2D eigenvalue weighted by molar-refractivity contribution is 7.89. The Balaban J connectivity index is 3.00. The summed E-state index contributed by atoms with van der Waals surface area (Å²) in [5.74, 6) is -1.35. The van der Waals surface area contributed by atoms with E-state index in [2.05, 4.69) is 10.0 Å². The average molecular weight is 377 g/mol. The quantitative estimate of drug-likeness (QED) is 0.762. The molecular formula is C15H21ClN2O5S. The van der Waals surface area contributed by atoms with E-state index in [1.54, 1.807) is 20.8 Å². The first-order chi connectivity index (χ1) is 10.9. The van der Waals surface area contributed by atoms with Crippen molar-refractivity contribution in [3.8, 4) is 0 Å². The van der Waals surface area contributed by atoms with Crippen LogP contribution in [-0.4, -0.2) is 39.0 Å². The lowest BCUT2D eigenvalue weighted by Gasteiger charge is -2.23. The van der Waals surface area contributed by atoms with E-state index in [-0.39, 0.29) is 15.5 Å². The maximum atomic E-state index is 12.2.